The van der Waals surface area contributed by atoms with Crippen LogP contribution in [0.3, 0.4) is 0 Å². The van der Waals surface area contributed by atoms with Gasteiger partial charge < -0.3 is 0 Å². The van der Waals surface area contributed by atoms with E-state index in [9.17, 15) is 18.0 Å². The normalized spacial score (nSPS) is 13.3. The molecular weight excluding hydrogens is 181 g/mol. The van der Waals surface area contributed by atoms with E-state index in [1.165, 1.54) is 0 Å². The molecule has 0 saturated heterocycles. The van der Waals surface area contributed by atoms with E-state index in [0.717, 1.165) is 13.8 Å². The molecule has 0 bridgehead atoms. The largest absolute Gasteiger partial charge is 0.394 e. The van der Waals surface area contributed by atoms with Crippen LogP contribution < -0.4 is 0 Å². The predicted molar refractivity (Wildman–Crippen MR) is 35.3 cm³/mol. The van der Waals surface area contributed by atoms with Gasteiger partial charge in [-0.05, 0) is 11.6 Å². The van der Waals surface area contributed by atoms with E-state index in [0.29, 0.717) is 0 Å². The summed E-state index contributed by atoms with van der Waals surface area (Å²) in [4.78, 5) is 10.2. The molecule has 66 valence electrons. The summed E-state index contributed by atoms with van der Waals surface area (Å²) >= 11 is 4.83. The van der Waals surface area contributed by atoms with Gasteiger partial charge in [-0.2, -0.15) is 13.2 Å². The first-order valence-electron chi connectivity index (χ1n) is 2.92. The molecule has 0 atom stereocenters. The minimum Gasteiger partial charge on any atom is -0.281 e. The van der Waals surface area contributed by atoms with Crippen LogP contribution in [-0.4, -0.2) is 11.4 Å². The lowest BCUT2D eigenvalue weighted by molar-refractivity contribution is -0.212. The van der Waals surface area contributed by atoms with Crippen LogP contribution in [0.1, 0.15) is 20.3 Å². The van der Waals surface area contributed by atoms with Crippen LogP contribution in [0, 0.1) is 5.41 Å². The topological polar surface area (TPSA) is 17.1 Å². The summed E-state index contributed by atoms with van der Waals surface area (Å²) in [5.74, 6) is 0. The fourth-order valence-corrected chi connectivity index (χ4v) is 0.782. The van der Waals surface area contributed by atoms with Crippen LogP contribution in [0.15, 0.2) is 0 Å². The highest BCUT2D eigenvalue weighted by molar-refractivity contribution is 6.63. The van der Waals surface area contributed by atoms with Crippen molar-refractivity contribution in [3.63, 3.8) is 0 Å². The van der Waals surface area contributed by atoms with E-state index in [1.54, 1.807) is 0 Å². The lowest BCUT2D eigenvalue weighted by atomic mass is 9.89. The summed E-state index contributed by atoms with van der Waals surface area (Å²) in [5, 5.41) is -0.965. The zero-order valence-corrected chi connectivity index (χ0v) is 6.88. The number of carbonyl (C=O) groups is 1. The fraction of sp³-hybridized carbons (Fsp3) is 0.833. The highest BCUT2D eigenvalue weighted by Crippen LogP contribution is 2.40. The lowest BCUT2D eigenvalue weighted by Gasteiger charge is -2.25. The summed E-state index contributed by atoms with van der Waals surface area (Å²) in [7, 11) is 0. The monoisotopic (exact) mass is 188 g/mol. The van der Waals surface area contributed by atoms with Crippen molar-refractivity contribution in [3.05, 3.63) is 0 Å². The number of hydrogen-bond donors (Lipinski definition) is 0. The number of halogens is 4. The summed E-state index contributed by atoms with van der Waals surface area (Å²) in [5.41, 5.74) is -2.02. The number of rotatable bonds is 2. The van der Waals surface area contributed by atoms with Crippen molar-refractivity contribution in [2.75, 3.05) is 0 Å². The Morgan fingerprint density at radius 1 is 1.36 bits per heavy atom. The second-order valence-corrected chi connectivity index (χ2v) is 3.34. The van der Waals surface area contributed by atoms with Crippen LogP contribution >= 0.6 is 11.6 Å². The average molecular weight is 189 g/mol. The predicted octanol–water partition coefficient (Wildman–Crippen LogP) is 2.73. The summed E-state index contributed by atoms with van der Waals surface area (Å²) in [6.45, 7) is 1.88. The highest BCUT2D eigenvalue weighted by atomic mass is 35.5. The van der Waals surface area contributed by atoms with Crippen molar-refractivity contribution < 1.29 is 18.0 Å². The SMILES string of the molecule is CC(C)(CC(=O)Cl)C(F)(F)F. The number of alkyl halides is 3. The molecule has 0 aliphatic rings. The minimum atomic E-state index is -4.38. The average Bonchev–Trinajstić information content (AvgIpc) is 1.56. The van der Waals surface area contributed by atoms with Gasteiger partial charge in [0.2, 0.25) is 5.24 Å². The quantitative estimate of drug-likeness (QED) is 0.609. The summed E-state index contributed by atoms with van der Waals surface area (Å²) < 4.78 is 35.9. The Bertz CT molecular complexity index is 162. The Balaban J connectivity index is 4.34. The summed E-state index contributed by atoms with van der Waals surface area (Å²) in [6.07, 6.45) is -5.06. The van der Waals surface area contributed by atoms with Crippen molar-refractivity contribution in [3.8, 4) is 0 Å². The van der Waals surface area contributed by atoms with Crippen LogP contribution in [0.4, 0.5) is 13.2 Å². The van der Waals surface area contributed by atoms with Crippen LogP contribution in [0.2, 0.25) is 0 Å². The standard InChI is InChI=1S/C6H8ClF3O/c1-5(2,3-4(7)11)6(8,9)10/h3H2,1-2H3. The molecule has 0 unspecified atom stereocenters. The molecule has 0 aliphatic carbocycles. The van der Waals surface area contributed by atoms with Gasteiger partial charge in [-0.25, -0.2) is 0 Å². The van der Waals surface area contributed by atoms with Crippen LogP contribution in [-0.2, 0) is 4.79 Å². The van der Waals surface area contributed by atoms with E-state index in [2.05, 4.69) is 0 Å². The molecule has 0 spiro atoms. The van der Waals surface area contributed by atoms with Gasteiger partial charge >= 0.3 is 6.18 Å². The Labute approximate surface area is 67.5 Å². The molecule has 0 N–H and O–H groups in total. The molecule has 0 aromatic rings. The molecule has 1 nitrogen and oxygen atoms in total. The summed E-state index contributed by atoms with van der Waals surface area (Å²) in [6, 6.07) is 0. The highest BCUT2D eigenvalue weighted by Gasteiger charge is 2.47. The molecule has 0 heterocycles. The molecule has 0 saturated carbocycles. The molecule has 0 aromatic carbocycles. The number of hydrogen-bond acceptors (Lipinski definition) is 1. The van der Waals surface area contributed by atoms with E-state index in [1.807, 2.05) is 0 Å². The molecular formula is C6H8ClF3O. The van der Waals surface area contributed by atoms with Crippen LogP contribution in [0.25, 0.3) is 0 Å². The Kier molecular flexibility index (Phi) is 2.94. The fourth-order valence-electron chi connectivity index (χ4n) is 0.448. The second kappa shape index (κ2) is 3.01. The van der Waals surface area contributed by atoms with E-state index < -0.39 is 23.3 Å². The van der Waals surface area contributed by atoms with Gasteiger partial charge in [-0.1, -0.05) is 13.8 Å². The van der Waals surface area contributed by atoms with Gasteiger partial charge in [-0.15, -0.1) is 0 Å². The zero-order valence-electron chi connectivity index (χ0n) is 6.13. The Morgan fingerprint density at radius 3 is 1.82 bits per heavy atom. The minimum absolute atomic E-state index is 0.682. The third kappa shape index (κ3) is 3.10. The maximum Gasteiger partial charge on any atom is 0.394 e. The molecule has 11 heavy (non-hydrogen) atoms. The van der Waals surface area contributed by atoms with Gasteiger partial charge in [0.25, 0.3) is 0 Å². The first kappa shape index (κ1) is 10.8. The number of carbonyl (C=O) groups excluding carboxylic acids is 1. The van der Waals surface area contributed by atoms with Crippen LogP contribution in [0.5, 0.6) is 0 Å². The van der Waals surface area contributed by atoms with Crippen molar-refractivity contribution in [2.24, 2.45) is 5.41 Å². The molecule has 0 aromatic heterocycles. The molecule has 0 rings (SSSR count). The van der Waals surface area contributed by atoms with Crippen molar-refractivity contribution in [1.29, 1.82) is 0 Å². The van der Waals surface area contributed by atoms with Gasteiger partial charge in [0.1, 0.15) is 0 Å². The third-order valence-corrected chi connectivity index (χ3v) is 1.48. The van der Waals surface area contributed by atoms with E-state index in [4.69, 9.17) is 11.6 Å². The van der Waals surface area contributed by atoms with Crippen molar-refractivity contribution >= 4 is 16.8 Å². The lowest BCUT2D eigenvalue weighted by Crippen LogP contribution is -2.33. The molecule has 0 amide bonds. The Morgan fingerprint density at radius 2 is 1.73 bits per heavy atom. The maximum absolute atomic E-state index is 12.0. The van der Waals surface area contributed by atoms with Gasteiger partial charge in [0.15, 0.2) is 0 Å². The molecule has 0 aliphatic heterocycles. The smallest absolute Gasteiger partial charge is 0.281 e. The van der Waals surface area contributed by atoms with Gasteiger partial charge in [0, 0.05) is 6.42 Å². The van der Waals surface area contributed by atoms with E-state index in [-0.39, 0.29) is 0 Å². The zero-order chi connectivity index (χ0) is 9.28. The van der Waals surface area contributed by atoms with Crippen molar-refractivity contribution in [1.82, 2.24) is 0 Å². The molecule has 0 fully saturated rings. The first-order valence-corrected chi connectivity index (χ1v) is 3.30. The second-order valence-electron chi connectivity index (χ2n) is 2.91. The van der Waals surface area contributed by atoms with Gasteiger partial charge in [-0.3, -0.25) is 4.79 Å². The third-order valence-electron chi connectivity index (χ3n) is 1.35. The Hall–Kier alpha value is -0.250. The van der Waals surface area contributed by atoms with Gasteiger partial charge in [0.05, 0.1) is 5.41 Å². The molecule has 5 heteroatoms. The first-order chi connectivity index (χ1) is 4.67. The molecule has 0 radical (unpaired) electrons. The van der Waals surface area contributed by atoms with E-state index >= 15 is 0 Å². The maximum atomic E-state index is 12.0. The van der Waals surface area contributed by atoms with Crippen molar-refractivity contribution in [2.45, 2.75) is 26.4 Å².